The molecule has 0 spiro atoms. The average molecular weight is 451 g/mol. The number of nitrogens with zero attached hydrogens (tertiary/aromatic N) is 2. The van der Waals surface area contributed by atoms with Crippen LogP contribution < -0.4 is 0 Å². The van der Waals surface area contributed by atoms with E-state index < -0.39 is 11.9 Å². The van der Waals surface area contributed by atoms with Gasteiger partial charge in [0.15, 0.2) is 0 Å². The van der Waals surface area contributed by atoms with Gasteiger partial charge in [0, 0.05) is 23.6 Å². The van der Waals surface area contributed by atoms with Crippen molar-refractivity contribution in [3.8, 4) is 5.69 Å². The minimum atomic E-state index is -0.539. The molecule has 0 saturated heterocycles. The van der Waals surface area contributed by atoms with Crippen molar-refractivity contribution < 1.29 is 23.9 Å². The van der Waals surface area contributed by atoms with Crippen LogP contribution in [0.15, 0.2) is 47.2 Å². The first-order chi connectivity index (χ1) is 15.6. The van der Waals surface area contributed by atoms with E-state index in [4.69, 9.17) is 9.47 Å². The quantitative estimate of drug-likeness (QED) is 0.487. The molecule has 0 radical (unpaired) electrons. The number of aryl methyl sites for hydroxylation is 1. The third-order valence-corrected chi connectivity index (χ3v) is 5.77. The van der Waals surface area contributed by atoms with Gasteiger partial charge in [0.2, 0.25) is 0 Å². The molecule has 1 amide bonds. The Bertz CT molecular complexity index is 1180. The molecule has 174 valence electrons. The van der Waals surface area contributed by atoms with Crippen molar-refractivity contribution >= 4 is 23.9 Å². The van der Waals surface area contributed by atoms with Crippen LogP contribution in [-0.4, -0.2) is 48.1 Å². The van der Waals surface area contributed by atoms with Crippen molar-refractivity contribution in [1.82, 2.24) is 9.47 Å². The Morgan fingerprint density at radius 3 is 2.27 bits per heavy atom. The summed E-state index contributed by atoms with van der Waals surface area (Å²) in [6.45, 7) is 10.1. The van der Waals surface area contributed by atoms with Gasteiger partial charge in [0.05, 0.1) is 36.6 Å². The molecule has 33 heavy (non-hydrogen) atoms. The van der Waals surface area contributed by atoms with E-state index in [1.54, 1.807) is 30.0 Å². The number of hydrogen-bond acceptors (Lipinski definition) is 5. The van der Waals surface area contributed by atoms with Crippen molar-refractivity contribution in [1.29, 1.82) is 0 Å². The van der Waals surface area contributed by atoms with Crippen molar-refractivity contribution in [2.24, 2.45) is 5.92 Å². The zero-order chi connectivity index (χ0) is 24.4. The molecule has 1 aromatic carbocycles. The number of hydrogen-bond donors (Lipinski definition) is 0. The highest BCUT2D eigenvalue weighted by atomic mass is 16.5. The number of amides is 1. The van der Waals surface area contributed by atoms with Gasteiger partial charge in [-0.3, -0.25) is 4.79 Å². The lowest BCUT2D eigenvalue weighted by molar-refractivity contribution is -0.136. The van der Waals surface area contributed by atoms with Crippen LogP contribution in [0.25, 0.3) is 11.8 Å². The first kappa shape index (κ1) is 24.0. The monoisotopic (exact) mass is 450 g/mol. The van der Waals surface area contributed by atoms with Crippen LogP contribution in [0.2, 0.25) is 0 Å². The Labute approximate surface area is 194 Å². The van der Waals surface area contributed by atoms with Crippen LogP contribution in [-0.2, 0) is 19.1 Å². The standard InChI is InChI=1S/C26H30N2O5/c1-15(2)14-27-18(5)23(26(31)33-7)21(24(27)29)13-19-12-16(3)28(17(19)4)22-11-9-8-10-20(22)25(30)32-6/h8-13,15H,14H2,1-7H3. The van der Waals surface area contributed by atoms with E-state index in [9.17, 15) is 14.4 Å². The third kappa shape index (κ3) is 4.35. The smallest absolute Gasteiger partial charge is 0.340 e. The van der Waals surface area contributed by atoms with Crippen molar-refractivity contribution in [3.05, 3.63) is 69.7 Å². The zero-order valence-electron chi connectivity index (χ0n) is 20.2. The van der Waals surface area contributed by atoms with Crippen LogP contribution >= 0.6 is 0 Å². The zero-order valence-corrected chi connectivity index (χ0v) is 20.2. The lowest BCUT2D eigenvalue weighted by atomic mass is 10.0. The SMILES string of the molecule is COC(=O)C1=C(C)N(CC(C)C)C(=O)C1=Cc1cc(C)n(-c2ccccc2C(=O)OC)c1C. The molecule has 3 rings (SSSR count). The molecule has 0 fully saturated rings. The number of rotatable bonds is 6. The normalized spacial score (nSPS) is 15.1. The Morgan fingerprint density at radius 2 is 1.67 bits per heavy atom. The molecule has 1 aliphatic heterocycles. The minimum absolute atomic E-state index is 0.221. The van der Waals surface area contributed by atoms with E-state index in [0.717, 1.165) is 17.0 Å². The number of ether oxygens (including phenoxy) is 2. The molecule has 0 aliphatic carbocycles. The number of esters is 2. The summed E-state index contributed by atoms with van der Waals surface area (Å²) < 4.78 is 11.9. The highest BCUT2D eigenvalue weighted by Crippen LogP contribution is 2.34. The molecule has 1 aromatic heterocycles. The molecule has 2 aromatic rings. The molecular weight excluding hydrogens is 420 g/mol. The third-order valence-electron chi connectivity index (χ3n) is 5.77. The van der Waals surface area contributed by atoms with Gasteiger partial charge in [-0.25, -0.2) is 9.59 Å². The number of allylic oxidation sites excluding steroid dienone is 1. The topological polar surface area (TPSA) is 77.8 Å². The van der Waals surface area contributed by atoms with Crippen LogP contribution in [0.5, 0.6) is 0 Å². The second-order valence-electron chi connectivity index (χ2n) is 8.49. The van der Waals surface area contributed by atoms with Crippen LogP contribution in [0.1, 0.15) is 48.1 Å². The molecule has 2 heterocycles. The molecule has 0 unspecified atom stereocenters. The van der Waals surface area contributed by atoms with Crippen molar-refractivity contribution in [3.63, 3.8) is 0 Å². The number of aromatic nitrogens is 1. The summed E-state index contributed by atoms with van der Waals surface area (Å²) in [6.07, 6.45) is 1.73. The van der Waals surface area contributed by atoms with Crippen LogP contribution in [0.4, 0.5) is 0 Å². The average Bonchev–Trinajstić information content (AvgIpc) is 3.19. The maximum absolute atomic E-state index is 13.3. The molecule has 0 bridgehead atoms. The summed E-state index contributed by atoms with van der Waals surface area (Å²) in [5.41, 5.74) is 4.78. The highest BCUT2D eigenvalue weighted by molar-refractivity contribution is 6.16. The van der Waals surface area contributed by atoms with E-state index in [1.165, 1.54) is 14.2 Å². The van der Waals surface area contributed by atoms with Gasteiger partial charge in [-0.15, -0.1) is 0 Å². The van der Waals surface area contributed by atoms with E-state index in [2.05, 4.69) is 0 Å². The van der Waals surface area contributed by atoms with E-state index in [1.807, 2.05) is 50.5 Å². The van der Waals surface area contributed by atoms with E-state index in [0.29, 0.717) is 29.1 Å². The first-order valence-corrected chi connectivity index (χ1v) is 10.8. The summed E-state index contributed by atoms with van der Waals surface area (Å²) in [7, 11) is 2.66. The lowest BCUT2D eigenvalue weighted by Gasteiger charge is -2.19. The molecule has 7 nitrogen and oxygen atoms in total. The number of carbonyl (C=O) groups is 3. The van der Waals surface area contributed by atoms with Gasteiger partial charge in [-0.05, 0) is 56.5 Å². The number of para-hydroxylation sites is 1. The van der Waals surface area contributed by atoms with E-state index >= 15 is 0 Å². The maximum Gasteiger partial charge on any atom is 0.340 e. The van der Waals surface area contributed by atoms with Gasteiger partial charge < -0.3 is 18.9 Å². The molecule has 1 aliphatic rings. The second-order valence-corrected chi connectivity index (χ2v) is 8.49. The lowest BCUT2D eigenvalue weighted by Crippen LogP contribution is -2.28. The fourth-order valence-corrected chi connectivity index (χ4v) is 4.22. The number of methoxy groups -OCH3 is 2. The Hall–Kier alpha value is -3.61. The molecular formula is C26H30N2O5. The van der Waals surface area contributed by atoms with Crippen LogP contribution in [0, 0.1) is 19.8 Å². The van der Waals surface area contributed by atoms with E-state index in [-0.39, 0.29) is 17.4 Å². The largest absolute Gasteiger partial charge is 0.465 e. The van der Waals surface area contributed by atoms with Crippen LogP contribution in [0.3, 0.4) is 0 Å². The summed E-state index contributed by atoms with van der Waals surface area (Å²) in [6, 6.07) is 9.12. The fourth-order valence-electron chi connectivity index (χ4n) is 4.22. The predicted octanol–water partition coefficient (Wildman–Crippen LogP) is 4.21. The predicted molar refractivity (Wildman–Crippen MR) is 126 cm³/mol. The van der Waals surface area contributed by atoms with Gasteiger partial charge in [-0.2, -0.15) is 0 Å². The fraction of sp³-hybridized carbons (Fsp3) is 0.346. The molecule has 7 heteroatoms. The molecule has 0 N–H and O–H groups in total. The number of carbonyl (C=O) groups excluding carboxylic acids is 3. The number of benzene rings is 1. The summed E-state index contributed by atoms with van der Waals surface area (Å²) >= 11 is 0. The molecule has 0 atom stereocenters. The van der Waals surface area contributed by atoms with Crippen molar-refractivity contribution in [2.75, 3.05) is 20.8 Å². The van der Waals surface area contributed by atoms with Gasteiger partial charge >= 0.3 is 11.9 Å². The van der Waals surface area contributed by atoms with Gasteiger partial charge in [0.1, 0.15) is 0 Å². The van der Waals surface area contributed by atoms with Gasteiger partial charge in [0.25, 0.3) is 5.91 Å². The second kappa shape index (κ2) is 9.48. The Balaban J connectivity index is 2.16. The summed E-state index contributed by atoms with van der Waals surface area (Å²) in [5, 5.41) is 0. The summed E-state index contributed by atoms with van der Waals surface area (Å²) in [4.78, 5) is 39.8. The highest BCUT2D eigenvalue weighted by Gasteiger charge is 2.37. The Kier molecular flexibility index (Phi) is 6.91. The van der Waals surface area contributed by atoms with Gasteiger partial charge in [-0.1, -0.05) is 26.0 Å². The molecule has 0 saturated carbocycles. The summed E-state index contributed by atoms with van der Waals surface area (Å²) in [5.74, 6) is -0.952. The van der Waals surface area contributed by atoms with Crippen molar-refractivity contribution in [2.45, 2.75) is 34.6 Å². The first-order valence-electron chi connectivity index (χ1n) is 10.8. The minimum Gasteiger partial charge on any atom is -0.465 e. The maximum atomic E-state index is 13.3. The Morgan fingerprint density at radius 1 is 1.03 bits per heavy atom.